The number of rotatable bonds is 4. The van der Waals surface area contributed by atoms with Crippen molar-refractivity contribution in [1.82, 2.24) is 10.2 Å². The van der Waals surface area contributed by atoms with Crippen LogP contribution in [-0.2, 0) is 31.3 Å². The molecule has 4 amide bonds. The average molecular weight is 471 g/mol. The van der Waals surface area contributed by atoms with E-state index in [2.05, 4.69) is 10.6 Å². The van der Waals surface area contributed by atoms with E-state index in [9.17, 15) is 23.6 Å². The van der Waals surface area contributed by atoms with Gasteiger partial charge in [-0.1, -0.05) is 29.8 Å². The highest BCUT2D eigenvalue weighted by Crippen LogP contribution is 2.54. The summed E-state index contributed by atoms with van der Waals surface area (Å²) in [5.74, 6) is -4.74. The van der Waals surface area contributed by atoms with Gasteiger partial charge in [0.05, 0.1) is 29.1 Å². The number of halogens is 2. The van der Waals surface area contributed by atoms with Crippen LogP contribution in [0.2, 0.25) is 5.02 Å². The highest BCUT2D eigenvalue weighted by molar-refractivity contribution is 6.35. The van der Waals surface area contributed by atoms with Crippen LogP contribution in [0.15, 0.2) is 36.4 Å². The number of aryl methyl sites for hydroxylation is 1. The summed E-state index contributed by atoms with van der Waals surface area (Å²) in [5.41, 5.74) is 6.02. The largest absolute Gasteiger partial charge is 0.370 e. The Hall–Kier alpha value is -3.30. The van der Waals surface area contributed by atoms with E-state index < -0.39 is 52.9 Å². The Bertz CT molecular complexity index is 1230. The van der Waals surface area contributed by atoms with Crippen LogP contribution in [0.3, 0.4) is 0 Å². The molecular weight excluding hydrogens is 451 g/mol. The van der Waals surface area contributed by atoms with E-state index >= 15 is 0 Å². The summed E-state index contributed by atoms with van der Waals surface area (Å²) in [5, 5.41) is 6.18. The van der Waals surface area contributed by atoms with E-state index in [1.807, 2.05) is 0 Å². The molecule has 2 saturated heterocycles. The fourth-order valence-corrected chi connectivity index (χ4v) is 5.69. The van der Waals surface area contributed by atoms with Gasteiger partial charge in [0, 0.05) is 18.0 Å². The summed E-state index contributed by atoms with van der Waals surface area (Å²) in [6.07, 6.45) is -0.228. The number of amides is 4. The number of nitrogens with zero attached hydrogens (tertiary/aromatic N) is 1. The quantitative estimate of drug-likeness (QED) is 0.586. The summed E-state index contributed by atoms with van der Waals surface area (Å²) >= 11 is 6.37. The van der Waals surface area contributed by atoms with Crippen molar-refractivity contribution in [3.05, 3.63) is 63.9 Å². The molecule has 4 N–H and O–H groups in total. The maximum absolute atomic E-state index is 13.6. The van der Waals surface area contributed by atoms with E-state index in [-0.39, 0.29) is 13.0 Å². The van der Waals surface area contributed by atoms with E-state index in [0.29, 0.717) is 21.8 Å². The third-order valence-electron chi connectivity index (χ3n) is 6.69. The minimum atomic E-state index is -1.57. The number of nitrogens with two attached hydrogens (primary N) is 1. The molecule has 33 heavy (non-hydrogen) atoms. The standard InChI is InChI=1S/C23H20ClFN4O4/c1-10-6-13-19(14(24)7-10)27-22(33)23(13)18-17(15(28-23)8-16(26)30)20(31)29(21(18)32)9-11-2-4-12(25)5-3-11/h2-7,15,17-18,28H,8-9H2,1H3,(H2,26,30)(H,27,33)/t15-,17+,18-,23-/m0/s1. The zero-order valence-electron chi connectivity index (χ0n) is 17.5. The Morgan fingerprint density at radius 1 is 1.18 bits per heavy atom. The second kappa shape index (κ2) is 7.36. The molecule has 2 aromatic carbocycles. The first-order chi connectivity index (χ1) is 15.6. The maximum atomic E-state index is 13.6. The summed E-state index contributed by atoms with van der Waals surface area (Å²) in [4.78, 5) is 53.3. The monoisotopic (exact) mass is 470 g/mol. The minimum absolute atomic E-state index is 0.0760. The van der Waals surface area contributed by atoms with Gasteiger partial charge >= 0.3 is 0 Å². The summed E-state index contributed by atoms with van der Waals surface area (Å²) in [7, 11) is 0. The van der Waals surface area contributed by atoms with Gasteiger partial charge in [0.15, 0.2) is 0 Å². The Morgan fingerprint density at radius 3 is 2.55 bits per heavy atom. The van der Waals surface area contributed by atoms with Gasteiger partial charge in [-0.3, -0.25) is 29.4 Å². The molecule has 0 bridgehead atoms. The van der Waals surface area contributed by atoms with Crippen LogP contribution < -0.4 is 16.4 Å². The highest BCUT2D eigenvalue weighted by Gasteiger charge is 2.70. The van der Waals surface area contributed by atoms with Crippen molar-refractivity contribution < 1.29 is 23.6 Å². The molecule has 5 rings (SSSR count). The molecule has 8 nitrogen and oxygen atoms in total. The summed E-state index contributed by atoms with van der Waals surface area (Å²) < 4.78 is 13.3. The number of benzene rings is 2. The topological polar surface area (TPSA) is 122 Å². The van der Waals surface area contributed by atoms with Crippen LogP contribution in [0.4, 0.5) is 10.1 Å². The number of imide groups is 1. The van der Waals surface area contributed by atoms with Gasteiger partial charge in [-0.25, -0.2) is 4.39 Å². The lowest BCUT2D eigenvalue weighted by molar-refractivity contribution is -0.143. The molecule has 0 saturated carbocycles. The molecule has 2 aromatic rings. The smallest absolute Gasteiger partial charge is 0.250 e. The third kappa shape index (κ3) is 3.07. The Labute approximate surface area is 193 Å². The number of carbonyl (C=O) groups excluding carboxylic acids is 4. The van der Waals surface area contributed by atoms with Crippen LogP contribution in [0.1, 0.15) is 23.1 Å². The predicted octanol–water partition coefficient (Wildman–Crippen LogP) is 1.58. The Kier molecular flexibility index (Phi) is 4.80. The fraction of sp³-hybridized carbons (Fsp3) is 0.304. The van der Waals surface area contributed by atoms with Gasteiger partial charge in [-0.05, 0) is 36.2 Å². The summed E-state index contributed by atoms with van der Waals surface area (Å²) in [6, 6.07) is 8.07. The van der Waals surface area contributed by atoms with Gasteiger partial charge in [0.25, 0.3) is 0 Å². The molecule has 0 aliphatic carbocycles. The van der Waals surface area contributed by atoms with Crippen molar-refractivity contribution in [2.75, 3.05) is 5.32 Å². The van der Waals surface area contributed by atoms with E-state index in [1.54, 1.807) is 19.1 Å². The van der Waals surface area contributed by atoms with Crippen molar-refractivity contribution in [1.29, 1.82) is 0 Å². The van der Waals surface area contributed by atoms with Crippen LogP contribution >= 0.6 is 11.6 Å². The van der Waals surface area contributed by atoms with Gasteiger partial charge in [-0.15, -0.1) is 0 Å². The number of nitrogens with one attached hydrogen (secondary N) is 2. The molecule has 0 radical (unpaired) electrons. The van der Waals surface area contributed by atoms with Crippen molar-refractivity contribution in [2.45, 2.75) is 31.5 Å². The SMILES string of the molecule is Cc1cc(Cl)c2c(c1)[C@@]1(N[C@@H](CC(N)=O)[C@H]3C(=O)N(Cc4ccc(F)cc4)C(=O)[C@H]31)C(=O)N2. The van der Waals surface area contributed by atoms with Crippen LogP contribution in [0, 0.1) is 24.6 Å². The van der Waals surface area contributed by atoms with E-state index in [1.165, 1.54) is 24.3 Å². The molecule has 4 atom stereocenters. The number of primary amides is 1. The van der Waals surface area contributed by atoms with Gasteiger partial charge in [0.2, 0.25) is 23.6 Å². The fourth-order valence-electron chi connectivity index (χ4n) is 5.37. The second-order valence-electron chi connectivity index (χ2n) is 8.75. The zero-order valence-corrected chi connectivity index (χ0v) is 18.3. The molecular formula is C23H20ClFN4O4. The molecule has 1 spiro atoms. The van der Waals surface area contributed by atoms with E-state index in [0.717, 1.165) is 10.5 Å². The molecule has 170 valence electrons. The first-order valence-corrected chi connectivity index (χ1v) is 10.8. The van der Waals surface area contributed by atoms with Crippen molar-refractivity contribution in [3.8, 4) is 0 Å². The van der Waals surface area contributed by atoms with Gasteiger partial charge in [-0.2, -0.15) is 0 Å². The van der Waals surface area contributed by atoms with Crippen LogP contribution in [-0.4, -0.2) is 34.6 Å². The highest BCUT2D eigenvalue weighted by atomic mass is 35.5. The number of carbonyl (C=O) groups is 4. The molecule has 3 aliphatic rings. The molecule has 3 aliphatic heterocycles. The first kappa shape index (κ1) is 21.5. The van der Waals surface area contributed by atoms with Gasteiger partial charge < -0.3 is 11.1 Å². The van der Waals surface area contributed by atoms with Gasteiger partial charge in [0.1, 0.15) is 11.4 Å². The first-order valence-electron chi connectivity index (χ1n) is 10.4. The van der Waals surface area contributed by atoms with E-state index in [4.69, 9.17) is 17.3 Å². The lowest BCUT2D eigenvalue weighted by Crippen LogP contribution is -2.53. The second-order valence-corrected chi connectivity index (χ2v) is 9.15. The minimum Gasteiger partial charge on any atom is -0.370 e. The Morgan fingerprint density at radius 2 is 1.88 bits per heavy atom. The number of hydrogen-bond donors (Lipinski definition) is 3. The Balaban J connectivity index is 1.62. The molecule has 2 fully saturated rings. The molecule has 0 unspecified atom stereocenters. The van der Waals surface area contributed by atoms with Crippen LogP contribution in [0.25, 0.3) is 0 Å². The summed E-state index contributed by atoms with van der Waals surface area (Å²) in [6.45, 7) is 1.73. The van der Waals surface area contributed by atoms with Crippen molar-refractivity contribution in [3.63, 3.8) is 0 Å². The number of fused-ring (bicyclic) bond motifs is 4. The number of anilines is 1. The van der Waals surface area contributed by atoms with Crippen molar-refractivity contribution in [2.24, 2.45) is 17.6 Å². The molecule has 10 heteroatoms. The van der Waals surface area contributed by atoms with Crippen LogP contribution in [0.5, 0.6) is 0 Å². The zero-order chi connectivity index (χ0) is 23.7. The third-order valence-corrected chi connectivity index (χ3v) is 6.98. The predicted molar refractivity (Wildman–Crippen MR) is 116 cm³/mol. The average Bonchev–Trinajstić information content (AvgIpc) is 3.31. The van der Waals surface area contributed by atoms with Crippen molar-refractivity contribution >= 4 is 40.9 Å². The number of hydrogen-bond acceptors (Lipinski definition) is 5. The maximum Gasteiger partial charge on any atom is 0.250 e. The molecule has 0 aromatic heterocycles. The lowest BCUT2D eigenvalue weighted by Gasteiger charge is -2.29. The normalized spacial score (nSPS) is 27.8. The lowest BCUT2D eigenvalue weighted by atomic mass is 9.76. The number of likely N-dealkylation sites (tertiary alicyclic amines) is 1. The molecule has 3 heterocycles.